The monoisotopic (exact) mass is 282 g/mol. The fourth-order valence-corrected chi connectivity index (χ4v) is 1.70. The van der Waals surface area contributed by atoms with Crippen LogP contribution in [0.1, 0.15) is 0 Å². The minimum Gasteiger partial charge on any atom is -0.353 e. The van der Waals surface area contributed by atoms with Gasteiger partial charge in [-0.2, -0.15) is 15.0 Å². The fourth-order valence-electron chi connectivity index (χ4n) is 1.31. The first-order valence-electron chi connectivity index (χ1n) is 5.44. The van der Waals surface area contributed by atoms with Crippen molar-refractivity contribution in [1.29, 1.82) is 0 Å². The second-order valence-electron chi connectivity index (χ2n) is 3.60. The maximum atomic E-state index is 11.0. The third kappa shape index (κ3) is 3.69. The van der Waals surface area contributed by atoms with Crippen molar-refractivity contribution in [3.8, 4) is 5.95 Å². The van der Waals surface area contributed by atoms with Crippen LogP contribution in [0.5, 0.6) is 0 Å². The number of aromatic nitrogens is 5. The van der Waals surface area contributed by atoms with Crippen LogP contribution in [-0.4, -0.2) is 47.3 Å². The molecule has 0 aliphatic rings. The van der Waals surface area contributed by atoms with Gasteiger partial charge in [0.15, 0.2) is 0 Å². The molecule has 19 heavy (non-hydrogen) atoms. The molecule has 0 fully saturated rings. The number of nitrogens with zero attached hydrogens (tertiary/aromatic N) is 5. The summed E-state index contributed by atoms with van der Waals surface area (Å²) in [5.41, 5.74) is 2.37. The molecule has 10 heteroatoms. The quantitative estimate of drug-likeness (QED) is 0.461. The minimum atomic E-state index is -0.870. The number of hydrogen-bond donors (Lipinski definition) is 3. The molecule has 1 atom stereocenters. The molecular formula is C9H14N8OS. The van der Waals surface area contributed by atoms with Gasteiger partial charge in [-0.05, 0) is 0 Å². The molecule has 0 aliphatic heterocycles. The van der Waals surface area contributed by atoms with Crippen LogP contribution in [0.3, 0.4) is 0 Å². The highest BCUT2D eigenvalue weighted by Gasteiger charge is 2.07. The Hall–Kier alpha value is -2.07. The SMILES string of the molecule is CS(=O)CCNc1nc(NN)nc(-n2ccnc2)n1. The van der Waals surface area contributed by atoms with Crippen molar-refractivity contribution in [2.75, 3.05) is 29.3 Å². The van der Waals surface area contributed by atoms with E-state index in [1.54, 1.807) is 29.5 Å². The van der Waals surface area contributed by atoms with Crippen LogP contribution in [0, 0.1) is 0 Å². The van der Waals surface area contributed by atoms with Gasteiger partial charge < -0.3 is 5.32 Å². The Bertz CT molecular complexity index is 557. The fraction of sp³-hybridized carbons (Fsp3) is 0.333. The van der Waals surface area contributed by atoms with E-state index in [0.717, 1.165) is 0 Å². The van der Waals surface area contributed by atoms with Crippen LogP contribution in [-0.2, 0) is 10.8 Å². The number of rotatable bonds is 6. The number of imidazole rings is 1. The number of nitrogen functional groups attached to an aromatic ring is 1. The highest BCUT2D eigenvalue weighted by molar-refractivity contribution is 7.84. The Morgan fingerprint density at radius 3 is 2.79 bits per heavy atom. The van der Waals surface area contributed by atoms with Gasteiger partial charge in [-0.15, -0.1) is 0 Å². The van der Waals surface area contributed by atoms with Crippen molar-refractivity contribution in [2.45, 2.75) is 0 Å². The van der Waals surface area contributed by atoms with E-state index in [-0.39, 0.29) is 5.95 Å². The molecule has 2 aromatic rings. The molecule has 2 aromatic heterocycles. The van der Waals surface area contributed by atoms with E-state index in [1.165, 1.54) is 0 Å². The Labute approximate surface area is 112 Å². The predicted molar refractivity (Wildman–Crippen MR) is 72.2 cm³/mol. The summed E-state index contributed by atoms with van der Waals surface area (Å²) in [6.07, 6.45) is 6.53. The van der Waals surface area contributed by atoms with E-state index >= 15 is 0 Å². The molecule has 0 spiro atoms. The summed E-state index contributed by atoms with van der Waals surface area (Å²) in [4.78, 5) is 16.3. The lowest BCUT2D eigenvalue weighted by atomic mass is 10.7. The van der Waals surface area contributed by atoms with Gasteiger partial charge in [0.25, 0.3) is 0 Å². The zero-order valence-corrected chi connectivity index (χ0v) is 11.1. The van der Waals surface area contributed by atoms with Gasteiger partial charge >= 0.3 is 0 Å². The molecule has 1 unspecified atom stereocenters. The van der Waals surface area contributed by atoms with E-state index in [0.29, 0.717) is 24.2 Å². The van der Waals surface area contributed by atoms with E-state index in [4.69, 9.17) is 5.84 Å². The van der Waals surface area contributed by atoms with Gasteiger partial charge in [0, 0.05) is 41.7 Å². The molecule has 4 N–H and O–H groups in total. The molecule has 9 nitrogen and oxygen atoms in total. The van der Waals surface area contributed by atoms with Gasteiger partial charge in [0.05, 0.1) is 0 Å². The molecule has 0 radical (unpaired) electrons. The average molecular weight is 282 g/mol. The number of nitrogens with two attached hydrogens (primary N) is 1. The van der Waals surface area contributed by atoms with Crippen molar-refractivity contribution < 1.29 is 4.21 Å². The summed E-state index contributed by atoms with van der Waals surface area (Å²) in [5, 5.41) is 2.97. The highest BCUT2D eigenvalue weighted by atomic mass is 32.2. The van der Waals surface area contributed by atoms with E-state index in [9.17, 15) is 4.21 Å². The van der Waals surface area contributed by atoms with Crippen molar-refractivity contribution >= 4 is 22.7 Å². The second-order valence-corrected chi connectivity index (χ2v) is 5.16. The summed E-state index contributed by atoms with van der Waals surface area (Å²) in [7, 11) is -0.870. The van der Waals surface area contributed by atoms with Gasteiger partial charge in [0.2, 0.25) is 17.8 Å². The Morgan fingerprint density at radius 1 is 1.37 bits per heavy atom. The summed E-state index contributed by atoms with van der Waals surface area (Å²) < 4.78 is 12.6. The lowest BCUT2D eigenvalue weighted by Gasteiger charge is -2.08. The number of hydrogen-bond acceptors (Lipinski definition) is 8. The lowest BCUT2D eigenvalue weighted by molar-refractivity contribution is 0.687. The molecule has 0 aromatic carbocycles. The molecule has 0 aliphatic carbocycles. The molecular weight excluding hydrogens is 268 g/mol. The molecule has 0 bridgehead atoms. The lowest BCUT2D eigenvalue weighted by Crippen LogP contribution is -2.17. The van der Waals surface area contributed by atoms with E-state index < -0.39 is 10.8 Å². The van der Waals surface area contributed by atoms with Crippen LogP contribution < -0.4 is 16.6 Å². The Morgan fingerprint density at radius 2 is 2.16 bits per heavy atom. The third-order valence-electron chi connectivity index (χ3n) is 2.16. The molecule has 2 rings (SSSR count). The summed E-state index contributed by atoms with van der Waals surface area (Å²) in [5.74, 6) is 6.81. The summed E-state index contributed by atoms with van der Waals surface area (Å²) in [6, 6.07) is 0. The standard InChI is InChI=1S/C9H14N8OS/c1-19(18)5-3-12-7-13-8(16-10)15-9(14-7)17-4-2-11-6-17/h2,4,6H,3,5,10H2,1H3,(H2,12,13,14,15,16). The third-order valence-corrected chi connectivity index (χ3v) is 2.94. The Kier molecular flexibility index (Phi) is 4.36. The number of nitrogens with one attached hydrogen (secondary N) is 2. The first-order chi connectivity index (χ1) is 9.19. The van der Waals surface area contributed by atoms with Crippen LogP contribution in [0.2, 0.25) is 0 Å². The van der Waals surface area contributed by atoms with Gasteiger partial charge in [-0.3, -0.25) is 14.2 Å². The Balaban J connectivity index is 2.19. The van der Waals surface area contributed by atoms with Gasteiger partial charge in [-0.25, -0.2) is 10.8 Å². The molecule has 102 valence electrons. The number of anilines is 2. The molecule has 2 heterocycles. The largest absolute Gasteiger partial charge is 0.353 e. The summed E-state index contributed by atoms with van der Waals surface area (Å²) >= 11 is 0. The normalized spacial score (nSPS) is 12.1. The maximum Gasteiger partial charge on any atom is 0.243 e. The molecule has 0 amide bonds. The number of hydrazine groups is 1. The van der Waals surface area contributed by atoms with Crippen LogP contribution in [0.4, 0.5) is 11.9 Å². The minimum absolute atomic E-state index is 0.235. The first kappa shape index (κ1) is 13.4. The van der Waals surface area contributed by atoms with Crippen molar-refractivity contribution in [1.82, 2.24) is 24.5 Å². The van der Waals surface area contributed by atoms with Crippen molar-refractivity contribution in [3.63, 3.8) is 0 Å². The zero-order chi connectivity index (χ0) is 13.7. The first-order valence-corrected chi connectivity index (χ1v) is 7.16. The average Bonchev–Trinajstić information content (AvgIpc) is 2.92. The zero-order valence-electron chi connectivity index (χ0n) is 10.3. The van der Waals surface area contributed by atoms with E-state index in [2.05, 4.69) is 30.7 Å². The van der Waals surface area contributed by atoms with Crippen LogP contribution in [0.15, 0.2) is 18.7 Å². The predicted octanol–water partition coefficient (Wildman–Crippen LogP) is -0.867. The maximum absolute atomic E-state index is 11.0. The van der Waals surface area contributed by atoms with Crippen LogP contribution >= 0.6 is 0 Å². The highest BCUT2D eigenvalue weighted by Crippen LogP contribution is 2.08. The van der Waals surface area contributed by atoms with Crippen LogP contribution in [0.25, 0.3) is 5.95 Å². The molecule has 0 saturated heterocycles. The summed E-state index contributed by atoms with van der Waals surface area (Å²) in [6.45, 7) is 0.501. The molecule has 0 saturated carbocycles. The second kappa shape index (κ2) is 6.20. The van der Waals surface area contributed by atoms with Gasteiger partial charge in [-0.1, -0.05) is 0 Å². The van der Waals surface area contributed by atoms with E-state index in [1.807, 2.05) is 0 Å². The smallest absolute Gasteiger partial charge is 0.243 e. The van der Waals surface area contributed by atoms with Crippen molar-refractivity contribution in [3.05, 3.63) is 18.7 Å². The topological polar surface area (TPSA) is 124 Å². The van der Waals surface area contributed by atoms with Crippen molar-refractivity contribution in [2.24, 2.45) is 5.84 Å². The van der Waals surface area contributed by atoms with Gasteiger partial charge in [0.1, 0.15) is 6.33 Å².